The molecule has 1 heterocycles. The Hall–Kier alpha value is -2.78. The number of nitrogens with zero attached hydrogens (tertiary/aromatic N) is 5. The summed E-state index contributed by atoms with van der Waals surface area (Å²) in [6, 6.07) is 3.28. The van der Waals surface area contributed by atoms with Crippen LogP contribution in [0.15, 0.2) is 0 Å². The van der Waals surface area contributed by atoms with Gasteiger partial charge < -0.3 is 9.47 Å². The zero-order chi connectivity index (χ0) is 16.0. The molecule has 0 aliphatic carbocycles. The van der Waals surface area contributed by atoms with Crippen LogP contribution in [0.3, 0.4) is 0 Å². The van der Waals surface area contributed by atoms with Crippen molar-refractivity contribution in [3.63, 3.8) is 0 Å². The molecule has 0 amide bonds. The number of hydrogen-bond acceptors (Lipinski definition) is 9. The van der Waals surface area contributed by atoms with Crippen LogP contribution in [0, 0.1) is 22.7 Å². The Morgan fingerprint density at radius 3 is 1.67 bits per heavy atom. The Morgan fingerprint density at radius 2 is 1.38 bits per heavy atom. The lowest BCUT2D eigenvalue weighted by Crippen LogP contribution is -2.20. The summed E-state index contributed by atoms with van der Waals surface area (Å²) in [5, 5.41) is 17.6. The molecule has 0 saturated carbocycles. The van der Waals surface area contributed by atoms with E-state index in [0.29, 0.717) is 0 Å². The molecule has 2 atom stereocenters. The number of aromatic nitrogens is 3. The van der Waals surface area contributed by atoms with Gasteiger partial charge in [0.05, 0.1) is 26.4 Å². The van der Waals surface area contributed by atoms with E-state index in [1.165, 1.54) is 0 Å². The molecule has 2 unspecified atom stereocenters. The highest BCUT2D eigenvalue weighted by Crippen LogP contribution is 2.18. The fourth-order valence-corrected chi connectivity index (χ4v) is 1.48. The van der Waals surface area contributed by atoms with Gasteiger partial charge >= 0.3 is 11.9 Å². The Balaban J connectivity index is 3.34. The third-order valence-corrected chi connectivity index (χ3v) is 2.46. The molecule has 0 aliphatic heterocycles. The van der Waals surface area contributed by atoms with E-state index in [-0.39, 0.29) is 16.9 Å². The Labute approximate surface area is 124 Å². The first-order valence-electron chi connectivity index (χ1n) is 5.34. The number of ether oxygens (including phenoxy) is 2. The highest BCUT2D eigenvalue weighted by Gasteiger charge is 2.30. The van der Waals surface area contributed by atoms with Gasteiger partial charge in [0.25, 0.3) is 0 Å². The van der Waals surface area contributed by atoms with Gasteiger partial charge in [0.2, 0.25) is 17.1 Å². The monoisotopic (exact) mass is 309 g/mol. The van der Waals surface area contributed by atoms with Crippen molar-refractivity contribution in [1.82, 2.24) is 15.0 Å². The molecule has 21 heavy (non-hydrogen) atoms. The number of nitriles is 2. The molecule has 0 aromatic carbocycles. The third kappa shape index (κ3) is 3.61. The number of hydrogen-bond donors (Lipinski definition) is 0. The molecule has 1 rings (SSSR count). The summed E-state index contributed by atoms with van der Waals surface area (Å²) in [6.07, 6.45) is 0. The molecule has 0 fully saturated rings. The van der Waals surface area contributed by atoms with Crippen LogP contribution in [0.25, 0.3) is 0 Å². The van der Waals surface area contributed by atoms with E-state index in [4.69, 9.17) is 22.1 Å². The Kier molecular flexibility index (Phi) is 5.52. The number of carbonyl (C=O) groups excluding carboxylic acids is 2. The number of halogens is 1. The highest BCUT2D eigenvalue weighted by molar-refractivity contribution is 6.28. The lowest BCUT2D eigenvalue weighted by atomic mass is 10.1. The summed E-state index contributed by atoms with van der Waals surface area (Å²) < 4.78 is 8.86. The minimum absolute atomic E-state index is 0.316. The van der Waals surface area contributed by atoms with E-state index in [1.54, 1.807) is 12.1 Å². The molecular weight excluding hydrogens is 302 g/mol. The van der Waals surface area contributed by atoms with E-state index in [9.17, 15) is 9.59 Å². The summed E-state index contributed by atoms with van der Waals surface area (Å²) in [6.45, 7) is 0. The molecule has 1 aromatic heterocycles. The summed E-state index contributed by atoms with van der Waals surface area (Å²) in [4.78, 5) is 33.9. The van der Waals surface area contributed by atoms with E-state index < -0.39 is 23.8 Å². The van der Waals surface area contributed by atoms with Crippen LogP contribution in [0.5, 0.6) is 0 Å². The number of esters is 2. The van der Waals surface area contributed by atoms with Crippen molar-refractivity contribution >= 4 is 23.5 Å². The van der Waals surface area contributed by atoms with Crippen molar-refractivity contribution in [2.24, 2.45) is 0 Å². The minimum Gasteiger partial charge on any atom is -0.468 e. The van der Waals surface area contributed by atoms with Crippen LogP contribution < -0.4 is 0 Å². The van der Waals surface area contributed by atoms with Crippen molar-refractivity contribution < 1.29 is 19.1 Å². The summed E-state index contributed by atoms with van der Waals surface area (Å²) in [5.74, 6) is -5.35. The standard InChI is InChI=1S/C11H8ClN5O4/c1-20-9(18)5(3-13)7-15-8(17-11(12)16-7)6(4-14)10(19)21-2/h5-6H,1-2H3. The zero-order valence-electron chi connectivity index (χ0n) is 10.9. The molecule has 10 heteroatoms. The van der Waals surface area contributed by atoms with E-state index >= 15 is 0 Å². The van der Waals surface area contributed by atoms with Gasteiger partial charge in [0.15, 0.2) is 11.6 Å². The first-order valence-corrected chi connectivity index (χ1v) is 5.72. The maximum Gasteiger partial charge on any atom is 0.331 e. The summed E-state index contributed by atoms with van der Waals surface area (Å²) in [5.41, 5.74) is 0. The number of methoxy groups -OCH3 is 2. The minimum atomic E-state index is -1.45. The predicted molar refractivity (Wildman–Crippen MR) is 65.6 cm³/mol. The molecule has 0 spiro atoms. The SMILES string of the molecule is COC(=O)C(C#N)c1nc(Cl)nc(C(C#N)C(=O)OC)n1. The topological polar surface area (TPSA) is 139 Å². The fourth-order valence-electron chi connectivity index (χ4n) is 1.31. The van der Waals surface area contributed by atoms with Gasteiger partial charge in [-0.3, -0.25) is 9.59 Å². The van der Waals surface area contributed by atoms with Crippen LogP contribution in [0.4, 0.5) is 0 Å². The largest absolute Gasteiger partial charge is 0.468 e. The van der Waals surface area contributed by atoms with Crippen LogP contribution in [-0.2, 0) is 19.1 Å². The van der Waals surface area contributed by atoms with E-state index in [1.807, 2.05) is 0 Å². The van der Waals surface area contributed by atoms with Gasteiger partial charge in [-0.1, -0.05) is 0 Å². The molecule has 9 nitrogen and oxygen atoms in total. The molecular formula is C11H8ClN5O4. The van der Waals surface area contributed by atoms with Crippen molar-refractivity contribution in [3.8, 4) is 12.1 Å². The average molecular weight is 310 g/mol. The lowest BCUT2D eigenvalue weighted by Gasteiger charge is -2.09. The molecule has 0 N–H and O–H groups in total. The number of rotatable bonds is 4. The van der Waals surface area contributed by atoms with Crippen molar-refractivity contribution in [3.05, 3.63) is 16.9 Å². The average Bonchev–Trinajstić information content (AvgIpc) is 2.47. The maximum atomic E-state index is 11.5. The maximum absolute atomic E-state index is 11.5. The van der Waals surface area contributed by atoms with Crippen LogP contribution in [0.1, 0.15) is 23.5 Å². The first kappa shape index (κ1) is 16.3. The predicted octanol–water partition coefficient (Wildman–Crippen LogP) is 0.0854. The fraction of sp³-hybridized carbons (Fsp3) is 0.364. The molecule has 0 bridgehead atoms. The molecule has 108 valence electrons. The van der Waals surface area contributed by atoms with Gasteiger partial charge in [-0.05, 0) is 11.6 Å². The third-order valence-electron chi connectivity index (χ3n) is 2.29. The lowest BCUT2D eigenvalue weighted by molar-refractivity contribution is -0.141. The Morgan fingerprint density at radius 1 is 1.00 bits per heavy atom. The molecule has 1 aromatic rings. The van der Waals surface area contributed by atoms with E-state index in [0.717, 1.165) is 14.2 Å². The van der Waals surface area contributed by atoms with Crippen LogP contribution in [-0.4, -0.2) is 41.1 Å². The van der Waals surface area contributed by atoms with Crippen molar-refractivity contribution in [2.45, 2.75) is 11.8 Å². The van der Waals surface area contributed by atoms with E-state index in [2.05, 4.69) is 24.4 Å². The summed E-state index contributed by atoms with van der Waals surface area (Å²) in [7, 11) is 2.17. The van der Waals surface area contributed by atoms with Gasteiger partial charge in [-0.2, -0.15) is 10.5 Å². The first-order chi connectivity index (χ1) is 9.98. The Bertz CT molecular complexity index is 599. The molecule has 0 saturated heterocycles. The van der Waals surface area contributed by atoms with Gasteiger partial charge in [-0.15, -0.1) is 0 Å². The second kappa shape index (κ2) is 7.12. The second-order valence-corrected chi connectivity index (χ2v) is 3.83. The number of carbonyl (C=O) groups is 2. The summed E-state index contributed by atoms with van der Waals surface area (Å²) >= 11 is 5.66. The van der Waals surface area contributed by atoms with Gasteiger partial charge in [0.1, 0.15) is 0 Å². The highest BCUT2D eigenvalue weighted by atomic mass is 35.5. The molecule has 0 radical (unpaired) electrons. The van der Waals surface area contributed by atoms with Crippen LogP contribution >= 0.6 is 11.6 Å². The quantitative estimate of drug-likeness (QED) is 0.707. The van der Waals surface area contributed by atoms with Crippen molar-refractivity contribution in [2.75, 3.05) is 14.2 Å². The van der Waals surface area contributed by atoms with Gasteiger partial charge in [-0.25, -0.2) is 15.0 Å². The van der Waals surface area contributed by atoms with Crippen molar-refractivity contribution in [1.29, 1.82) is 10.5 Å². The second-order valence-electron chi connectivity index (χ2n) is 3.49. The zero-order valence-corrected chi connectivity index (χ0v) is 11.7. The normalized spacial score (nSPS) is 12.4. The van der Waals surface area contributed by atoms with Crippen LogP contribution in [0.2, 0.25) is 5.28 Å². The smallest absolute Gasteiger partial charge is 0.331 e. The molecule has 0 aliphatic rings. The van der Waals surface area contributed by atoms with Gasteiger partial charge in [0, 0.05) is 0 Å².